The Labute approximate surface area is 186 Å². The first-order chi connectivity index (χ1) is 15.1. The third-order valence-corrected chi connectivity index (χ3v) is 5.50. The first-order valence-corrected chi connectivity index (χ1v) is 10.6. The van der Waals surface area contributed by atoms with E-state index in [2.05, 4.69) is 9.88 Å². The highest BCUT2D eigenvalue weighted by Gasteiger charge is 2.32. The molecule has 1 aromatic heterocycles. The lowest BCUT2D eigenvalue weighted by molar-refractivity contribution is -0.128. The van der Waals surface area contributed by atoms with Crippen LogP contribution in [0.25, 0.3) is 17.0 Å². The van der Waals surface area contributed by atoms with E-state index in [0.717, 1.165) is 35.2 Å². The molecule has 1 saturated heterocycles. The predicted molar refractivity (Wildman–Crippen MR) is 125 cm³/mol. The number of fused-ring (bicyclic) bond motifs is 1. The molecule has 1 aliphatic rings. The van der Waals surface area contributed by atoms with Crippen LogP contribution in [0.2, 0.25) is 0 Å². The summed E-state index contributed by atoms with van der Waals surface area (Å²) in [5.41, 5.74) is 1.95. The maximum atomic E-state index is 12.8. The molecule has 2 heterocycles. The molecule has 4 rings (SSSR count). The number of carbonyl (C=O) groups excluding carboxylic acids is 2. The number of hydrogen-bond donors (Lipinski definition) is 1. The van der Waals surface area contributed by atoms with Crippen molar-refractivity contribution in [2.75, 3.05) is 13.2 Å². The standard InChI is InChI=1S/C24H23N3O3S/c1-2-27-23(29)20(22(28)25-24(27)31)15-17-16-26(21-12-7-6-11-19(17)21)13-8-14-30-18-9-4-3-5-10-18/h3-7,9-12,15-16H,2,8,13-14H2,1H3,(H,25,28,31)/b20-15+. The summed E-state index contributed by atoms with van der Waals surface area (Å²) in [5, 5.41) is 3.73. The summed E-state index contributed by atoms with van der Waals surface area (Å²) in [4.78, 5) is 26.6. The molecule has 1 aliphatic heterocycles. The minimum absolute atomic E-state index is 0.0887. The van der Waals surface area contributed by atoms with Gasteiger partial charge in [-0.15, -0.1) is 0 Å². The van der Waals surface area contributed by atoms with Gasteiger partial charge in [0.15, 0.2) is 5.11 Å². The quantitative estimate of drug-likeness (QED) is 0.267. The van der Waals surface area contributed by atoms with Crippen LogP contribution in [0.5, 0.6) is 5.75 Å². The highest BCUT2D eigenvalue weighted by atomic mass is 32.1. The topological polar surface area (TPSA) is 63.6 Å². The molecule has 0 atom stereocenters. The number of rotatable bonds is 7. The van der Waals surface area contributed by atoms with Crippen LogP contribution in [-0.2, 0) is 16.1 Å². The average Bonchev–Trinajstić information content (AvgIpc) is 3.13. The van der Waals surface area contributed by atoms with E-state index in [9.17, 15) is 9.59 Å². The second kappa shape index (κ2) is 9.14. The van der Waals surface area contributed by atoms with Crippen LogP contribution in [0, 0.1) is 0 Å². The zero-order chi connectivity index (χ0) is 21.8. The van der Waals surface area contributed by atoms with Crippen molar-refractivity contribution in [1.82, 2.24) is 14.8 Å². The number of aromatic nitrogens is 1. The highest BCUT2D eigenvalue weighted by Crippen LogP contribution is 2.25. The second-order valence-electron chi connectivity index (χ2n) is 7.18. The minimum atomic E-state index is -0.465. The van der Waals surface area contributed by atoms with Gasteiger partial charge in [-0.2, -0.15) is 0 Å². The lowest BCUT2D eigenvalue weighted by atomic mass is 10.1. The molecule has 0 unspecified atom stereocenters. The zero-order valence-corrected chi connectivity index (χ0v) is 18.0. The Hall–Kier alpha value is -3.45. The van der Waals surface area contributed by atoms with Crippen molar-refractivity contribution in [3.8, 4) is 5.75 Å². The minimum Gasteiger partial charge on any atom is -0.494 e. The number of benzene rings is 2. The molecule has 0 bridgehead atoms. The smallest absolute Gasteiger partial charge is 0.265 e. The number of amides is 2. The molecule has 0 spiro atoms. The van der Waals surface area contributed by atoms with Gasteiger partial charge in [0.05, 0.1) is 6.61 Å². The normalized spacial score (nSPS) is 15.6. The van der Waals surface area contributed by atoms with Crippen molar-refractivity contribution >= 4 is 46.1 Å². The number of thiocarbonyl (C=S) groups is 1. The first-order valence-electron chi connectivity index (χ1n) is 10.2. The second-order valence-corrected chi connectivity index (χ2v) is 7.56. The molecule has 0 aliphatic carbocycles. The molecule has 1 fully saturated rings. The third-order valence-electron chi connectivity index (χ3n) is 5.18. The Morgan fingerprint density at radius 1 is 1.06 bits per heavy atom. The Bertz CT molecular complexity index is 1170. The van der Waals surface area contributed by atoms with Crippen LogP contribution in [0.1, 0.15) is 18.9 Å². The van der Waals surface area contributed by atoms with Gasteiger partial charge >= 0.3 is 0 Å². The number of carbonyl (C=O) groups is 2. The van der Waals surface area contributed by atoms with Gasteiger partial charge in [-0.1, -0.05) is 36.4 Å². The van der Waals surface area contributed by atoms with Crippen LogP contribution in [0.3, 0.4) is 0 Å². The van der Waals surface area contributed by atoms with Gasteiger partial charge in [0.2, 0.25) is 0 Å². The van der Waals surface area contributed by atoms with Crippen LogP contribution in [-0.4, -0.2) is 39.5 Å². The van der Waals surface area contributed by atoms with Crippen LogP contribution >= 0.6 is 12.2 Å². The van der Waals surface area contributed by atoms with Crippen LogP contribution < -0.4 is 10.1 Å². The Morgan fingerprint density at radius 2 is 1.81 bits per heavy atom. The van der Waals surface area contributed by atoms with E-state index in [0.29, 0.717) is 13.2 Å². The maximum absolute atomic E-state index is 12.8. The molecular formula is C24H23N3O3S. The van der Waals surface area contributed by atoms with Gasteiger partial charge in [0.1, 0.15) is 11.3 Å². The van der Waals surface area contributed by atoms with Crippen molar-refractivity contribution in [3.63, 3.8) is 0 Å². The monoisotopic (exact) mass is 433 g/mol. The maximum Gasteiger partial charge on any atom is 0.265 e. The lowest BCUT2D eigenvalue weighted by Crippen LogP contribution is -2.53. The summed E-state index contributed by atoms with van der Waals surface area (Å²) in [6, 6.07) is 17.7. The molecule has 158 valence electrons. The lowest BCUT2D eigenvalue weighted by Gasteiger charge is -2.27. The zero-order valence-electron chi connectivity index (χ0n) is 17.2. The number of para-hydroxylation sites is 2. The third kappa shape index (κ3) is 4.36. The van der Waals surface area contributed by atoms with Crippen molar-refractivity contribution < 1.29 is 14.3 Å². The highest BCUT2D eigenvalue weighted by molar-refractivity contribution is 7.80. The summed E-state index contributed by atoms with van der Waals surface area (Å²) in [6.45, 7) is 3.57. The van der Waals surface area contributed by atoms with Gasteiger partial charge < -0.3 is 9.30 Å². The van der Waals surface area contributed by atoms with Gasteiger partial charge in [0, 0.05) is 35.8 Å². The summed E-state index contributed by atoms with van der Waals surface area (Å²) in [5.74, 6) is 0.0163. The van der Waals surface area contributed by atoms with Crippen LogP contribution in [0.4, 0.5) is 0 Å². The fourth-order valence-electron chi connectivity index (χ4n) is 3.65. The Kier molecular flexibility index (Phi) is 6.13. The summed E-state index contributed by atoms with van der Waals surface area (Å²) in [6.07, 6.45) is 4.45. The Balaban J connectivity index is 1.56. The molecule has 0 saturated carbocycles. The Morgan fingerprint density at radius 3 is 2.58 bits per heavy atom. The van der Waals surface area contributed by atoms with Gasteiger partial charge in [0.25, 0.3) is 11.8 Å². The molecule has 1 N–H and O–H groups in total. The first kappa shape index (κ1) is 20.8. The van der Waals surface area contributed by atoms with E-state index in [1.54, 1.807) is 6.08 Å². The van der Waals surface area contributed by atoms with Crippen molar-refractivity contribution in [1.29, 1.82) is 0 Å². The van der Waals surface area contributed by atoms with Crippen LogP contribution in [0.15, 0.2) is 66.4 Å². The van der Waals surface area contributed by atoms with E-state index < -0.39 is 5.91 Å². The molecule has 6 nitrogen and oxygen atoms in total. The van der Waals surface area contributed by atoms with E-state index in [1.165, 1.54) is 4.90 Å². The summed E-state index contributed by atoms with van der Waals surface area (Å²) < 4.78 is 7.92. The molecule has 31 heavy (non-hydrogen) atoms. The number of hydrogen-bond acceptors (Lipinski definition) is 4. The van der Waals surface area contributed by atoms with Gasteiger partial charge in [-0.3, -0.25) is 19.8 Å². The molecule has 7 heteroatoms. The van der Waals surface area contributed by atoms with Gasteiger partial charge in [-0.05, 0) is 49.8 Å². The molecule has 3 aromatic rings. The summed E-state index contributed by atoms with van der Waals surface area (Å²) in [7, 11) is 0. The number of nitrogens with one attached hydrogen (secondary N) is 1. The average molecular weight is 434 g/mol. The number of likely N-dealkylation sites (N-methyl/N-ethyl adjacent to an activating group) is 1. The predicted octanol–water partition coefficient (Wildman–Crippen LogP) is 3.76. The van der Waals surface area contributed by atoms with Crippen molar-refractivity contribution in [2.45, 2.75) is 19.9 Å². The number of aryl methyl sites for hydroxylation is 1. The SMILES string of the molecule is CCN1C(=O)/C(=C/c2cn(CCCOc3ccccc3)c3ccccc23)C(=O)NC1=S. The molecule has 2 amide bonds. The largest absolute Gasteiger partial charge is 0.494 e. The molecule has 2 aromatic carbocycles. The fourth-order valence-corrected chi connectivity index (χ4v) is 3.96. The molecule has 0 radical (unpaired) electrons. The van der Waals surface area contributed by atoms with Crippen molar-refractivity contribution in [2.24, 2.45) is 0 Å². The number of ether oxygens (including phenoxy) is 1. The summed E-state index contributed by atoms with van der Waals surface area (Å²) >= 11 is 5.10. The van der Waals surface area contributed by atoms with Gasteiger partial charge in [-0.25, -0.2) is 0 Å². The fraction of sp³-hybridized carbons (Fsp3) is 0.208. The van der Waals surface area contributed by atoms with Crippen molar-refractivity contribution in [3.05, 3.63) is 71.9 Å². The van der Waals surface area contributed by atoms with E-state index in [-0.39, 0.29) is 16.6 Å². The van der Waals surface area contributed by atoms with E-state index >= 15 is 0 Å². The van der Waals surface area contributed by atoms with E-state index in [4.69, 9.17) is 17.0 Å². The number of nitrogens with zero attached hydrogens (tertiary/aromatic N) is 2. The molecular weight excluding hydrogens is 410 g/mol. The van der Waals surface area contributed by atoms with E-state index in [1.807, 2.05) is 67.7 Å².